The van der Waals surface area contributed by atoms with Gasteiger partial charge in [-0.25, -0.2) is 13.8 Å². The Balaban J connectivity index is 0.00000216. The number of pyridine rings is 1. The molecule has 3 aromatic rings. The number of aliphatic imine (C=N–C) groups is 1. The van der Waals surface area contributed by atoms with Gasteiger partial charge in [-0.1, -0.05) is 0 Å². The molecule has 1 aromatic carbocycles. The Kier molecular flexibility index (Phi) is 4.45. The number of aromatic nitrogens is 2. The van der Waals surface area contributed by atoms with E-state index in [0.717, 1.165) is 11.3 Å². The van der Waals surface area contributed by atoms with E-state index in [2.05, 4.69) is 15.3 Å². The zero-order valence-corrected chi connectivity index (χ0v) is 17.1. The first kappa shape index (κ1) is 20.1. The molecule has 6 rings (SSSR count). The second-order valence-electron chi connectivity index (χ2n) is 7.43. The first-order chi connectivity index (χ1) is 15.0. The SMILES string of the molecule is Cl.O=C1NC(=O)C(c2cnc3ccc(F)cn23)=C1C1=NC=CN2CCc3cc(F)cc1c32. The van der Waals surface area contributed by atoms with Crippen LogP contribution in [0.15, 0.2) is 59.6 Å². The lowest BCUT2D eigenvalue weighted by Gasteiger charge is -2.17. The summed E-state index contributed by atoms with van der Waals surface area (Å²) in [6.45, 7) is 0.661. The average Bonchev–Trinajstić information content (AvgIpc) is 3.36. The van der Waals surface area contributed by atoms with Crippen LogP contribution in [0.1, 0.15) is 16.8 Å². The van der Waals surface area contributed by atoms with Gasteiger partial charge in [0.25, 0.3) is 11.8 Å². The quantitative estimate of drug-likeness (QED) is 0.605. The number of hydrogen-bond acceptors (Lipinski definition) is 5. The van der Waals surface area contributed by atoms with E-state index in [-0.39, 0.29) is 35.0 Å². The third-order valence-corrected chi connectivity index (χ3v) is 5.66. The van der Waals surface area contributed by atoms with Crippen LogP contribution in [0.5, 0.6) is 0 Å². The highest BCUT2D eigenvalue weighted by atomic mass is 35.5. The van der Waals surface area contributed by atoms with Crippen molar-refractivity contribution in [3.8, 4) is 0 Å². The molecule has 0 saturated heterocycles. The highest BCUT2D eigenvalue weighted by molar-refractivity contribution is 6.47. The van der Waals surface area contributed by atoms with Crippen LogP contribution in [0.2, 0.25) is 0 Å². The molecule has 0 radical (unpaired) electrons. The van der Waals surface area contributed by atoms with E-state index in [9.17, 15) is 18.4 Å². The average molecular weight is 454 g/mol. The molecule has 0 saturated carbocycles. The second-order valence-corrected chi connectivity index (χ2v) is 7.43. The largest absolute Gasteiger partial charge is 0.345 e. The van der Waals surface area contributed by atoms with E-state index < -0.39 is 23.4 Å². The Morgan fingerprint density at radius 3 is 2.69 bits per heavy atom. The number of amides is 2. The number of anilines is 1. The maximum absolute atomic E-state index is 14.4. The lowest BCUT2D eigenvalue weighted by atomic mass is 9.94. The van der Waals surface area contributed by atoms with Crippen molar-refractivity contribution in [2.24, 2.45) is 4.99 Å². The van der Waals surface area contributed by atoms with Crippen LogP contribution in [0.25, 0.3) is 11.2 Å². The van der Waals surface area contributed by atoms with Crippen LogP contribution >= 0.6 is 12.4 Å². The van der Waals surface area contributed by atoms with Crippen molar-refractivity contribution in [1.82, 2.24) is 14.7 Å². The van der Waals surface area contributed by atoms with E-state index in [0.29, 0.717) is 24.2 Å². The number of nitrogens with one attached hydrogen (secondary N) is 1. The van der Waals surface area contributed by atoms with Gasteiger partial charge in [-0.05, 0) is 36.2 Å². The summed E-state index contributed by atoms with van der Waals surface area (Å²) >= 11 is 0. The Labute approximate surface area is 186 Å². The Morgan fingerprint density at radius 2 is 1.84 bits per heavy atom. The smallest absolute Gasteiger partial charge is 0.261 e. The van der Waals surface area contributed by atoms with E-state index in [1.54, 1.807) is 6.20 Å². The molecule has 1 N–H and O–H groups in total. The topological polar surface area (TPSA) is 79.1 Å². The summed E-state index contributed by atoms with van der Waals surface area (Å²) in [4.78, 5) is 36.2. The zero-order chi connectivity index (χ0) is 21.3. The molecule has 7 nitrogen and oxygen atoms in total. The Hall–Kier alpha value is -3.85. The predicted molar refractivity (Wildman–Crippen MR) is 116 cm³/mol. The second kappa shape index (κ2) is 7.10. The molecule has 10 heteroatoms. The van der Waals surface area contributed by atoms with E-state index in [4.69, 9.17) is 0 Å². The minimum atomic E-state index is -0.650. The van der Waals surface area contributed by atoms with Crippen molar-refractivity contribution in [3.63, 3.8) is 0 Å². The minimum Gasteiger partial charge on any atom is -0.345 e. The number of hydrogen-bond donors (Lipinski definition) is 1. The Morgan fingerprint density at radius 1 is 1.03 bits per heavy atom. The molecule has 3 aliphatic heterocycles. The molecule has 0 unspecified atom stereocenters. The number of carbonyl (C=O) groups excluding carboxylic acids is 2. The molecule has 0 atom stereocenters. The minimum absolute atomic E-state index is 0. The first-order valence-electron chi connectivity index (χ1n) is 9.58. The highest BCUT2D eigenvalue weighted by Gasteiger charge is 2.38. The van der Waals surface area contributed by atoms with Gasteiger partial charge in [-0.15, -0.1) is 12.4 Å². The summed E-state index contributed by atoms with van der Waals surface area (Å²) in [5.74, 6) is -2.27. The summed E-state index contributed by atoms with van der Waals surface area (Å²) in [6.07, 6.45) is 6.53. The van der Waals surface area contributed by atoms with Crippen LogP contribution in [-0.4, -0.2) is 33.5 Å². The summed E-state index contributed by atoms with van der Waals surface area (Å²) in [5.41, 5.74) is 2.85. The predicted octanol–water partition coefficient (Wildman–Crippen LogP) is 2.78. The van der Waals surface area contributed by atoms with Gasteiger partial charge in [0.15, 0.2) is 0 Å². The van der Waals surface area contributed by atoms with Gasteiger partial charge in [0.2, 0.25) is 0 Å². The summed E-state index contributed by atoms with van der Waals surface area (Å²) < 4.78 is 29.7. The van der Waals surface area contributed by atoms with Gasteiger partial charge in [0.1, 0.15) is 17.3 Å². The molecule has 0 aliphatic carbocycles. The van der Waals surface area contributed by atoms with Gasteiger partial charge in [-0.2, -0.15) is 0 Å². The lowest BCUT2D eigenvalue weighted by molar-refractivity contribution is -0.123. The van der Waals surface area contributed by atoms with Crippen LogP contribution in [-0.2, 0) is 16.0 Å². The van der Waals surface area contributed by atoms with E-state index in [1.807, 2.05) is 4.90 Å². The molecular formula is C22H14ClF2N5O2. The van der Waals surface area contributed by atoms with Crippen molar-refractivity contribution < 1.29 is 18.4 Å². The van der Waals surface area contributed by atoms with E-state index >= 15 is 0 Å². The number of benzene rings is 1. The Bertz CT molecular complexity index is 1440. The molecule has 0 spiro atoms. The molecular weight excluding hydrogens is 440 g/mol. The normalized spacial score (nSPS) is 16.8. The summed E-state index contributed by atoms with van der Waals surface area (Å²) in [6, 6.07) is 5.51. The molecule has 3 aliphatic rings. The number of carbonyl (C=O) groups is 2. The van der Waals surface area contributed by atoms with Crippen LogP contribution < -0.4 is 10.2 Å². The zero-order valence-electron chi connectivity index (χ0n) is 16.3. The fourth-order valence-electron chi connectivity index (χ4n) is 4.39. The standard InChI is InChI=1S/C22H13F2N5O2.ClH/c23-12-1-2-16-26-9-15(29(16)10-12)17-18(22(31)27-21(17)30)19-14-8-13(24)7-11-3-5-28(20(11)14)6-4-25-19;/h1-2,4,6-10H,3,5H2,(H,27,30,31);1H. The first-order valence-corrected chi connectivity index (χ1v) is 9.58. The van der Waals surface area contributed by atoms with E-state index in [1.165, 1.54) is 47.3 Å². The molecule has 0 fully saturated rings. The van der Waals surface area contributed by atoms with Gasteiger partial charge in [0, 0.05) is 30.7 Å². The molecule has 160 valence electrons. The summed E-state index contributed by atoms with van der Waals surface area (Å²) in [7, 11) is 0. The number of imide groups is 1. The number of rotatable bonds is 2. The third kappa shape index (κ3) is 2.78. The number of nitrogens with zero attached hydrogens (tertiary/aromatic N) is 4. The third-order valence-electron chi connectivity index (χ3n) is 5.66. The van der Waals surface area contributed by atoms with Crippen LogP contribution in [0, 0.1) is 11.6 Å². The maximum Gasteiger partial charge on any atom is 0.261 e. The van der Waals surface area contributed by atoms with Crippen LogP contribution in [0.4, 0.5) is 14.5 Å². The summed E-state index contributed by atoms with van der Waals surface area (Å²) in [5, 5.41) is 2.29. The molecule has 2 aromatic heterocycles. The molecule has 32 heavy (non-hydrogen) atoms. The number of halogens is 3. The van der Waals surface area contributed by atoms with Crippen molar-refractivity contribution in [1.29, 1.82) is 0 Å². The van der Waals surface area contributed by atoms with Gasteiger partial charge >= 0.3 is 0 Å². The fraction of sp³-hybridized carbons (Fsp3) is 0.0909. The van der Waals surface area contributed by atoms with Gasteiger partial charge < -0.3 is 4.90 Å². The maximum atomic E-state index is 14.4. The van der Waals surface area contributed by atoms with Gasteiger partial charge in [-0.3, -0.25) is 24.3 Å². The monoisotopic (exact) mass is 453 g/mol. The van der Waals surface area contributed by atoms with Crippen molar-refractivity contribution in [2.75, 3.05) is 11.4 Å². The molecule has 2 amide bonds. The number of imidazole rings is 1. The fourth-order valence-corrected chi connectivity index (χ4v) is 4.39. The molecule has 0 bridgehead atoms. The number of fused-ring (bicyclic) bond motifs is 1. The van der Waals surface area contributed by atoms with Crippen LogP contribution in [0.3, 0.4) is 0 Å². The molecule has 5 heterocycles. The lowest BCUT2D eigenvalue weighted by Crippen LogP contribution is -2.25. The van der Waals surface area contributed by atoms with Crippen molar-refractivity contribution in [3.05, 3.63) is 83.1 Å². The highest BCUT2D eigenvalue weighted by Crippen LogP contribution is 2.38. The van der Waals surface area contributed by atoms with Gasteiger partial charge in [0.05, 0.1) is 34.4 Å². The van der Waals surface area contributed by atoms with Crippen molar-refractivity contribution in [2.45, 2.75) is 6.42 Å². The van der Waals surface area contributed by atoms with Crippen molar-refractivity contribution >= 4 is 46.8 Å².